The highest BCUT2D eigenvalue weighted by atomic mass is 16.4. The van der Waals surface area contributed by atoms with E-state index in [0.717, 1.165) is 11.5 Å². The smallest absolute Gasteiger partial charge is 0.335 e. The normalized spacial score (nSPS) is 28.8. The summed E-state index contributed by atoms with van der Waals surface area (Å²) in [6, 6.07) is 12.4. The summed E-state index contributed by atoms with van der Waals surface area (Å²) >= 11 is 0. The molecule has 3 aliphatic rings. The third-order valence-electron chi connectivity index (χ3n) is 8.37. The Hall–Kier alpha value is -2.35. The van der Waals surface area contributed by atoms with Crippen LogP contribution in [0.1, 0.15) is 97.5 Å². The predicted octanol–water partition coefficient (Wildman–Crippen LogP) is 7.25. The quantitative estimate of drug-likeness (QED) is 0.574. The van der Waals surface area contributed by atoms with Crippen LogP contribution >= 0.6 is 0 Å². The minimum atomic E-state index is -0.858. The van der Waals surface area contributed by atoms with Gasteiger partial charge in [0.2, 0.25) is 0 Å². The van der Waals surface area contributed by atoms with Gasteiger partial charge in [-0.25, -0.2) is 4.79 Å². The Morgan fingerprint density at radius 2 is 1.68 bits per heavy atom. The summed E-state index contributed by atoms with van der Waals surface area (Å²) in [7, 11) is 0. The number of hydrogen-bond donors (Lipinski definition) is 1. The standard InChI is InChI=1S/C29H34O2/c1-17-11-25-26(29(4,5)10-9-28(25,2)3)16-21(17)24-15-20-14-22(20)23(24)13-18-7-6-8-19(12-18)27(30)31/h6-8,11-13,16,20,22,24H,9-10,14-15H2,1-5H3,(H,30,31)/b23-13+. The molecule has 2 aromatic carbocycles. The summed E-state index contributed by atoms with van der Waals surface area (Å²) in [5.41, 5.74) is 9.35. The Morgan fingerprint density at radius 1 is 1.00 bits per heavy atom. The lowest BCUT2D eigenvalue weighted by Crippen LogP contribution is -2.34. The molecule has 0 spiro atoms. The van der Waals surface area contributed by atoms with E-state index in [0.29, 0.717) is 17.4 Å². The molecule has 0 bridgehead atoms. The van der Waals surface area contributed by atoms with Crippen LogP contribution in [0.15, 0.2) is 42.0 Å². The van der Waals surface area contributed by atoms with E-state index in [2.05, 4.69) is 52.8 Å². The lowest BCUT2D eigenvalue weighted by atomic mass is 9.62. The fourth-order valence-electron chi connectivity index (χ4n) is 6.20. The van der Waals surface area contributed by atoms with Crippen molar-refractivity contribution >= 4 is 12.0 Å². The second-order valence-corrected chi connectivity index (χ2v) is 11.5. The molecular weight excluding hydrogens is 380 g/mol. The van der Waals surface area contributed by atoms with Crippen molar-refractivity contribution in [3.63, 3.8) is 0 Å². The maximum Gasteiger partial charge on any atom is 0.335 e. The molecule has 0 saturated heterocycles. The average molecular weight is 415 g/mol. The van der Waals surface area contributed by atoms with Gasteiger partial charge in [0.15, 0.2) is 0 Å². The number of allylic oxidation sites excluding steroid dienone is 1. The van der Waals surface area contributed by atoms with Gasteiger partial charge >= 0.3 is 5.97 Å². The van der Waals surface area contributed by atoms with Crippen LogP contribution in [0.5, 0.6) is 0 Å². The number of fused-ring (bicyclic) bond motifs is 2. The van der Waals surface area contributed by atoms with E-state index in [9.17, 15) is 9.90 Å². The third kappa shape index (κ3) is 3.45. The van der Waals surface area contributed by atoms with Crippen LogP contribution in [-0.2, 0) is 10.8 Å². The van der Waals surface area contributed by atoms with Crippen molar-refractivity contribution in [2.75, 3.05) is 0 Å². The van der Waals surface area contributed by atoms with Crippen LogP contribution in [0, 0.1) is 18.8 Å². The molecule has 2 heteroatoms. The average Bonchev–Trinajstić information content (AvgIpc) is 3.40. The highest BCUT2D eigenvalue weighted by molar-refractivity contribution is 5.88. The largest absolute Gasteiger partial charge is 0.478 e. The van der Waals surface area contributed by atoms with E-state index in [1.165, 1.54) is 53.5 Å². The van der Waals surface area contributed by atoms with Crippen molar-refractivity contribution in [3.05, 3.63) is 75.4 Å². The van der Waals surface area contributed by atoms with Crippen molar-refractivity contribution in [2.24, 2.45) is 11.8 Å². The molecule has 0 radical (unpaired) electrons. The first-order chi connectivity index (χ1) is 14.6. The minimum absolute atomic E-state index is 0.217. The van der Waals surface area contributed by atoms with Gasteiger partial charge in [-0.1, -0.05) is 63.6 Å². The van der Waals surface area contributed by atoms with E-state index < -0.39 is 5.97 Å². The van der Waals surface area contributed by atoms with Gasteiger partial charge in [-0.2, -0.15) is 0 Å². The van der Waals surface area contributed by atoms with Crippen molar-refractivity contribution in [3.8, 4) is 0 Å². The zero-order chi connectivity index (χ0) is 22.1. The monoisotopic (exact) mass is 414 g/mol. The van der Waals surface area contributed by atoms with Crippen molar-refractivity contribution in [1.82, 2.24) is 0 Å². The zero-order valence-electron chi connectivity index (χ0n) is 19.5. The SMILES string of the molecule is Cc1cc2c(cc1C1CC3CC3/C1=C\c1cccc(C(=O)O)c1)C(C)(C)CCC2(C)C. The molecule has 0 aromatic heterocycles. The van der Waals surface area contributed by atoms with Gasteiger partial charge in [0.05, 0.1) is 5.56 Å². The first-order valence-electron chi connectivity index (χ1n) is 11.8. The molecule has 3 atom stereocenters. The molecule has 0 aliphatic heterocycles. The summed E-state index contributed by atoms with van der Waals surface area (Å²) in [6.45, 7) is 11.9. The number of rotatable bonds is 3. The molecule has 3 unspecified atom stereocenters. The molecule has 2 fully saturated rings. The van der Waals surface area contributed by atoms with Gasteiger partial charge in [-0.3, -0.25) is 0 Å². The molecule has 2 nitrogen and oxygen atoms in total. The van der Waals surface area contributed by atoms with E-state index in [4.69, 9.17) is 0 Å². The van der Waals surface area contributed by atoms with E-state index in [1.54, 1.807) is 6.07 Å². The molecule has 2 saturated carbocycles. The Balaban J connectivity index is 1.59. The Morgan fingerprint density at radius 3 is 2.35 bits per heavy atom. The second-order valence-electron chi connectivity index (χ2n) is 11.5. The first-order valence-corrected chi connectivity index (χ1v) is 11.8. The topological polar surface area (TPSA) is 37.3 Å². The summed E-state index contributed by atoms with van der Waals surface area (Å²) in [6.07, 6.45) is 7.30. The molecule has 0 amide bonds. The molecule has 3 aliphatic carbocycles. The van der Waals surface area contributed by atoms with Crippen LogP contribution in [0.2, 0.25) is 0 Å². The Bertz CT molecular complexity index is 1100. The number of carbonyl (C=O) groups is 1. The molecule has 2 aromatic rings. The van der Waals surface area contributed by atoms with Gasteiger partial charge < -0.3 is 5.11 Å². The second kappa shape index (κ2) is 6.82. The van der Waals surface area contributed by atoms with Crippen LogP contribution in [0.25, 0.3) is 6.08 Å². The fourth-order valence-corrected chi connectivity index (χ4v) is 6.20. The Labute approximate surface area is 186 Å². The number of aryl methyl sites for hydroxylation is 1. The number of carboxylic acids is 1. The van der Waals surface area contributed by atoms with Crippen molar-refractivity contribution in [1.29, 1.82) is 0 Å². The lowest BCUT2D eigenvalue weighted by molar-refractivity contribution is 0.0697. The molecular formula is C29H34O2. The highest BCUT2D eigenvalue weighted by Crippen LogP contribution is 2.62. The molecule has 162 valence electrons. The minimum Gasteiger partial charge on any atom is -0.478 e. The van der Waals surface area contributed by atoms with Gasteiger partial charge in [0.1, 0.15) is 0 Å². The first kappa shape index (κ1) is 20.5. The number of aromatic carboxylic acids is 1. The summed E-state index contributed by atoms with van der Waals surface area (Å²) < 4.78 is 0. The lowest BCUT2D eigenvalue weighted by Gasteiger charge is -2.42. The summed E-state index contributed by atoms with van der Waals surface area (Å²) in [5, 5.41) is 9.38. The van der Waals surface area contributed by atoms with Gasteiger partial charge in [-0.05, 0) is 95.2 Å². The highest BCUT2D eigenvalue weighted by Gasteiger charge is 2.50. The van der Waals surface area contributed by atoms with Gasteiger partial charge in [-0.15, -0.1) is 0 Å². The Kier molecular flexibility index (Phi) is 4.52. The number of benzene rings is 2. The third-order valence-corrected chi connectivity index (χ3v) is 8.37. The summed E-state index contributed by atoms with van der Waals surface area (Å²) in [4.78, 5) is 11.4. The van der Waals surface area contributed by atoms with Crippen LogP contribution in [0.4, 0.5) is 0 Å². The fraction of sp³-hybridized carbons (Fsp3) is 0.483. The molecule has 0 heterocycles. The maximum atomic E-state index is 11.4. The van der Waals surface area contributed by atoms with Crippen molar-refractivity contribution < 1.29 is 9.90 Å². The number of hydrogen-bond acceptors (Lipinski definition) is 1. The summed E-state index contributed by atoms with van der Waals surface area (Å²) in [5.74, 6) is 1.09. The van der Waals surface area contributed by atoms with Gasteiger partial charge in [0, 0.05) is 5.92 Å². The zero-order valence-corrected chi connectivity index (χ0v) is 19.5. The van der Waals surface area contributed by atoms with Crippen LogP contribution < -0.4 is 0 Å². The van der Waals surface area contributed by atoms with Crippen LogP contribution in [-0.4, -0.2) is 11.1 Å². The van der Waals surface area contributed by atoms with Gasteiger partial charge in [0.25, 0.3) is 0 Å². The number of carboxylic acid groups (broad SMARTS) is 1. The molecule has 1 N–H and O–H groups in total. The van der Waals surface area contributed by atoms with E-state index in [1.807, 2.05) is 18.2 Å². The van der Waals surface area contributed by atoms with Crippen molar-refractivity contribution in [2.45, 2.75) is 77.0 Å². The predicted molar refractivity (Wildman–Crippen MR) is 127 cm³/mol. The molecule has 5 rings (SSSR count). The van der Waals surface area contributed by atoms with Crippen LogP contribution in [0.3, 0.4) is 0 Å². The van der Waals surface area contributed by atoms with E-state index in [-0.39, 0.29) is 10.8 Å². The molecule has 31 heavy (non-hydrogen) atoms. The van der Waals surface area contributed by atoms with E-state index >= 15 is 0 Å². The maximum absolute atomic E-state index is 11.4.